The maximum Gasteiger partial charge on any atom is 0.188 e. The van der Waals surface area contributed by atoms with Crippen LogP contribution in [0.25, 0.3) is 0 Å². The van der Waals surface area contributed by atoms with Crippen LogP contribution < -0.4 is 11.1 Å². The molecule has 3 N–H and O–H groups in total. The van der Waals surface area contributed by atoms with Gasteiger partial charge >= 0.3 is 0 Å². The summed E-state index contributed by atoms with van der Waals surface area (Å²) in [5, 5.41) is 3.55. The number of likely N-dealkylation sites (tertiary alicyclic amines) is 1. The van der Waals surface area contributed by atoms with Crippen LogP contribution in [0.1, 0.15) is 37.3 Å². The molecule has 2 aliphatic rings. The predicted molar refractivity (Wildman–Crippen MR) is 114 cm³/mol. The molecule has 0 amide bonds. The van der Waals surface area contributed by atoms with E-state index in [1.807, 2.05) is 0 Å². The lowest BCUT2D eigenvalue weighted by Gasteiger charge is -2.27. The third kappa shape index (κ3) is 5.68. The maximum atomic E-state index is 14.4. The average Bonchev–Trinajstić information content (AvgIpc) is 3.29. The van der Waals surface area contributed by atoms with E-state index in [4.69, 9.17) is 22.1 Å². The smallest absolute Gasteiger partial charge is 0.188 e. The Hall–Kier alpha value is -0.640. The number of nitrogens with one attached hydrogen (secondary N) is 1. The first-order valence-corrected chi connectivity index (χ1v) is 9.36. The molecule has 2 heterocycles. The van der Waals surface area contributed by atoms with Crippen LogP contribution >= 0.6 is 35.6 Å². The molecule has 2 unspecified atom stereocenters. The Labute approximate surface area is 176 Å². The van der Waals surface area contributed by atoms with Crippen molar-refractivity contribution in [2.24, 2.45) is 10.7 Å². The number of guanidine groups is 1. The highest BCUT2D eigenvalue weighted by Gasteiger charge is 2.27. The quantitative estimate of drug-likeness (QED) is 0.360. The molecule has 5 nitrogen and oxygen atoms in total. The van der Waals surface area contributed by atoms with Crippen LogP contribution in [0.5, 0.6) is 0 Å². The Bertz CT molecular complexity index is 587. The van der Waals surface area contributed by atoms with Crippen molar-refractivity contribution in [2.75, 3.05) is 32.8 Å². The number of benzene rings is 1. The molecule has 2 aliphatic heterocycles. The number of aliphatic imine (C=N–C) groups is 1. The summed E-state index contributed by atoms with van der Waals surface area (Å²) in [5.41, 5.74) is 6.51. The minimum atomic E-state index is -0.287. The van der Waals surface area contributed by atoms with Crippen LogP contribution in [0.4, 0.5) is 4.39 Å². The predicted octanol–water partition coefficient (Wildman–Crippen LogP) is 3.32. The molecule has 26 heavy (non-hydrogen) atoms. The number of nitrogens with two attached hydrogens (primary N) is 1. The Morgan fingerprint density at radius 3 is 2.81 bits per heavy atom. The van der Waals surface area contributed by atoms with E-state index in [9.17, 15) is 4.39 Å². The van der Waals surface area contributed by atoms with Crippen molar-refractivity contribution in [1.29, 1.82) is 0 Å². The minimum Gasteiger partial charge on any atom is -0.376 e. The first kappa shape index (κ1) is 21.7. The van der Waals surface area contributed by atoms with Crippen LogP contribution in [-0.4, -0.2) is 49.7 Å². The highest BCUT2D eigenvalue weighted by Crippen LogP contribution is 2.32. The number of nitrogens with zero attached hydrogens (tertiary/aromatic N) is 2. The van der Waals surface area contributed by atoms with Gasteiger partial charge in [-0.25, -0.2) is 4.39 Å². The van der Waals surface area contributed by atoms with E-state index in [1.165, 1.54) is 6.07 Å². The lowest BCUT2D eigenvalue weighted by atomic mass is 10.0. The van der Waals surface area contributed by atoms with Gasteiger partial charge in [0.1, 0.15) is 5.82 Å². The third-order valence-electron chi connectivity index (χ3n) is 4.88. The van der Waals surface area contributed by atoms with E-state index in [2.05, 4.69) is 15.2 Å². The van der Waals surface area contributed by atoms with E-state index < -0.39 is 0 Å². The molecule has 8 heteroatoms. The Morgan fingerprint density at radius 1 is 1.38 bits per heavy atom. The van der Waals surface area contributed by atoms with Crippen molar-refractivity contribution < 1.29 is 9.13 Å². The van der Waals surface area contributed by atoms with Gasteiger partial charge in [0.2, 0.25) is 0 Å². The molecule has 0 spiro atoms. The van der Waals surface area contributed by atoms with Crippen molar-refractivity contribution in [3.05, 3.63) is 34.6 Å². The fourth-order valence-corrected chi connectivity index (χ4v) is 3.83. The standard InChI is InChI=1S/C18H26ClFN4O.HI/c19-14-6-3-7-15(20)17(14)16(24-8-1-2-9-24)12-23-18(21)22-11-13-5-4-10-25-13;/h3,6-7,13,16H,1-2,4-5,8-12H2,(H3,21,22,23);1H. The molecular formula is C18H27ClFIN4O. The highest BCUT2D eigenvalue weighted by atomic mass is 127. The van der Waals surface area contributed by atoms with Gasteiger partial charge in [-0.1, -0.05) is 17.7 Å². The summed E-state index contributed by atoms with van der Waals surface area (Å²) in [6.07, 6.45) is 4.55. The molecule has 2 atom stereocenters. The first-order chi connectivity index (χ1) is 12.1. The summed E-state index contributed by atoms with van der Waals surface area (Å²) < 4.78 is 20.0. The van der Waals surface area contributed by atoms with Crippen molar-refractivity contribution in [1.82, 2.24) is 10.2 Å². The number of ether oxygens (including phenoxy) is 1. The minimum absolute atomic E-state index is 0. The van der Waals surface area contributed by atoms with Crippen molar-refractivity contribution >= 4 is 41.5 Å². The molecule has 146 valence electrons. The van der Waals surface area contributed by atoms with Crippen molar-refractivity contribution in [2.45, 2.75) is 37.8 Å². The summed E-state index contributed by atoms with van der Waals surface area (Å²) >= 11 is 6.29. The van der Waals surface area contributed by atoms with E-state index in [0.29, 0.717) is 29.6 Å². The largest absolute Gasteiger partial charge is 0.376 e. The Balaban J connectivity index is 0.00000243. The monoisotopic (exact) mass is 496 g/mol. The molecule has 1 aromatic rings. The van der Waals surface area contributed by atoms with E-state index in [-0.39, 0.29) is 41.9 Å². The van der Waals surface area contributed by atoms with Crippen molar-refractivity contribution in [3.8, 4) is 0 Å². The maximum absolute atomic E-state index is 14.4. The second-order valence-corrected chi connectivity index (χ2v) is 7.04. The lowest BCUT2D eigenvalue weighted by Crippen LogP contribution is -2.38. The number of rotatable bonds is 6. The van der Waals surface area contributed by atoms with Crippen molar-refractivity contribution in [3.63, 3.8) is 0 Å². The first-order valence-electron chi connectivity index (χ1n) is 8.98. The van der Waals surface area contributed by atoms with Crippen LogP contribution in [0, 0.1) is 5.82 Å². The van der Waals surface area contributed by atoms with E-state index >= 15 is 0 Å². The molecule has 0 saturated carbocycles. The zero-order valence-electron chi connectivity index (χ0n) is 14.8. The van der Waals surface area contributed by atoms with Crippen LogP contribution in [0.3, 0.4) is 0 Å². The molecule has 0 aliphatic carbocycles. The third-order valence-corrected chi connectivity index (χ3v) is 5.21. The average molecular weight is 497 g/mol. The number of hydrogen-bond donors (Lipinski definition) is 2. The van der Waals surface area contributed by atoms with Gasteiger partial charge in [0.05, 0.1) is 18.7 Å². The molecule has 3 rings (SSSR count). The molecule has 1 aromatic carbocycles. The molecule has 0 aromatic heterocycles. The van der Waals surface area contributed by atoms with Gasteiger partial charge in [-0.3, -0.25) is 9.89 Å². The van der Waals surface area contributed by atoms with Crippen LogP contribution in [0.2, 0.25) is 5.02 Å². The summed E-state index contributed by atoms with van der Waals surface area (Å²) in [7, 11) is 0. The highest BCUT2D eigenvalue weighted by molar-refractivity contribution is 14.0. The number of hydrogen-bond acceptors (Lipinski definition) is 3. The zero-order valence-corrected chi connectivity index (χ0v) is 17.9. The van der Waals surface area contributed by atoms with Crippen LogP contribution in [-0.2, 0) is 4.74 Å². The topological polar surface area (TPSA) is 62.9 Å². The van der Waals surface area contributed by atoms with Gasteiger partial charge in [0.25, 0.3) is 0 Å². The SMILES string of the molecule is I.NC(=NCC(c1c(F)cccc1Cl)N1CCCC1)NCC1CCCO1. The van der Waals surface area contributed by atoms with Crippen LogP contribution in [0.15, 0.2) is 23.2 Å². The van der Waals surface area contributed by atoms with Gasteiger partial charge in [0.15, 0.2) is 5.96 Å². The zero-order chi connectivity index (χ0) is 17.6. The normalized spacial score (nSPS) is 22.2. The molecule has 2 fully saturated rings. The Kier molecular flexibility index (Phi) is 8.86. The van der Waals surface area contributed by atoms with Gasteiger partial charge in [0, 0.05) is 23.7 Å². The molecule has 0 bridgehead atoms. The fraction of sp³-hybridized carbons (Fsp3) is 0.611. The van der Waals surface area contributed by atoms with Gasteiger partial charge in [-0.05, 0) is 50.9 Å². The van der Waals surface area contributed by atoms with Gasteiger partial charge in [-0.2, -0.15) is 0 Å². The van der Waals surface area contributed by atoms with Gasteiger partial charge in [-0.15, -0.1) is 24.0 Å². The molecular weight excluding hydrogens is 470 g/mol. The second kappa shape index (κ2) is 10.6. The Morgan fingerprint density at radius 2 is 2.15 bits per heavy atom. The summed E-state index contributed by atoms with van der Waals surface area (Å²) in [4.78, 5) is 6.69. The fourth-order valence-electron chi connectivity index (χ4n) is 3.54. The second-order valence-electron chi connectivity index (χ2n) is 6.64. The number of halogens is 3. The molecule has 2 saturated heterocycles. The lowest BCUT2D eigenvalue weighted by molar-refractivity contribution is 0.114. The molecule has 0 radical (unpaired) electrons. The summed E-state index contributed by atoms with van der Waals surface area (Å²) in [6.45, 7) is 3.70. The van der Waals surface area contributed by atoms with E-state index in [0.717, 1.165) is 45.4 Å². The van der Waals surface area contributed by atoms with E-state index in [1.54, 1.807) is 12.1 Å². The summed E-state index contributed by atoms with van der Waals surface area (Å²) in [5.74, 6) is 0.0812. The summed E-state index contributed by atoms with van der Waals surface area (Å²) in [6, 6.07) is 4.61. The van der Waals surface area contributed by atoms with Gasteiger partial charge < -0.3 is 15.8 Å².